The van der Waals surface area contributed by atoms with Crippen LogP contribution in [0.1, 0.15) is 27.0 Å². The van der Waals surface area contributed by atoms with Gasteiger partial charge in [0.05, 0.1) is 0 Å². The number of rotatable bonds is 0. The van der Waals surface area contributed by atoms with Gasteiger partial charge in [0, 0.05) is 11.1 Å². The number of fused-ring (bicyclic) bond motifs is 5. The van der Waals surface area contributed by atoms with E-state index in [1.165, 1.54) is 11.1 Å². The van der Waals surface area contributed by atoms with E-state index in [0.717, 1.165) is 33.0 Å². The Labute approximate surface area is 117 Å². The molecule has 4 rings (SSSR count). The molecule has 0 saturated carbocycles. The molecule has 0 aliphatic heterocycles. The molecule has 0 N–H and O–H groups in total. The molecule has 0 radical (unpaired) electrons. The van der Waals surface area contributed by atoms with Crippen molar-refractivity contribution in [2.45, 2.75) is 13.8 Å². The largest absolute Gasteiger partial charge is 0.289 e. The van der Waals surface area contributed by atoms with Gasteiger partial charge >= 0.3 is 0 Å². The van der Waals surface area contributed by atoms with Gasteiger partial charge in [-0.2, -0.15) is 0 Å². The second kappa shape index (κ2) is 3.80. The van der Waals surface area contributed by atoms with Gasteiger partial charge in [-0.15, -0.1) is 0 Å². The van der Waals surface area contributed by atoms with Gasteiger partial charge in [0.1, 0.15) is 0 Å². The number of benzene rings is 3. The molecule has 3 aromatic carbocycles. The van der Waals surface area contributed by atoms with Crippen molar-refractivity contribution >= 4 is 16.6 Å². The lowest BCUT2D eigenvalue weighted by Gasteiger charge is -2.09. The SMILES string of the molecule is Cc1ccc2cc(C)c3c(c2c1)C(=O)c1ccccc1-3. The average molecular weight is 258 g/mol. The van der Waals surface area contributed by atoms with E-state index < -0.39 is 0 Å². The third-order valence-electron chi connectivity index (χ3n) is 4.16. The molecule has 0 aromatic heterocycles. The molecule has 96 valence electrons. The van der Waals surface area contributed by atoms with Crippen LogP contribution in [0.25, 0.3) is 21.9 Å². The van der Waals surface area contributed by atoms with E-state index in [4.69, 9.17) is 0 Å². The van der Waals surface area contributed by atoms with Gasteiger partial charge < -0.3 is 0 Å². The zero-order chi connectivity index (χ0) is 13.9. The molecule has 1 nitrogen and oxygen atoms in total. The highest BCUT2D eigenvalue weighted by atomic mass is 16.1. The van der Waals surface area contributed by atoms with Crippen LogP contribution in [0.3, 0.4) is 0 Å². The highest BCUT2D eigenvalue weighted by molar-refractivity contribution is 6.28. The monoisotopic (exact) mass is 258 g/mol. The van der Waals surface area contributed by atoms with Crippen molar-refractivity contribution in [2.75, 3.05) is 0 Å². The lowest BCUT2D eigenvalue weighted by molar-refractivity contribution is 0.104. The second-order valence-corrected chi connectivity index (χ2v) is 5.54. The summed E-state index contributed by atoms with van der Waals surface area (Å²) in [4.78, 5) is 12.8. The molecule has 1 heteroatoms. The summed E-state index contributed by atoms with van der Waals surface area (Å²) in [6, 6.07) is 16.4. The predicted molar refractivity (Wildman–Crippen MR) is 82.3 cm³/mol. The van der Waals surface area contributed by atoms with E-state index in [2.05, 4.69) is 38.1 Å². The highest BCUT2D eigenvalue weighted by Gasteiger charge is 2.29. The lowest BCUT2D eigenvalue weighted by Crippen LogP contribution is -1.97. The van der Waals surface area contributed by atoms with Gasteiger partial charge in [-0.05, 0) is 41.3 Å². The van der Waals surface area contributed by atoms with Gasteiger partial charge in [0.25, 0.3) is 0 Å². The summed E-state index contributed by atoms with van der Waals surface area (Å²) in [7, 11) is 0. The van der Waals surface area contributed by atoms with Crippen LogP contribution >= 0.6 is 0 Å². The second-order valence-electron chi connectivity index (χ2n) is 5.54. The quantitative estimate of drug-likeness (QED) is 0.448. The molecular formula is C19H14O. The fraction of sp³-hybridized carbons (Fsp3) is 0.105. The first kappa shape index (κ1) is 11.4. The van der Waals surface area contributed by atoms with Gasteiger partial charge in [0.15, 0.2) is 5.78 Å². The summed E-state index contributed by atoms with van der Waals surface area (Å²) < 4.78 is 0. The van der Waals surface area contributed by atoms with Crippen LogP contribution in [-0.2, 0) is 0 Å². The van der Waals surface area contributed by atoms with E-state index in [-0.39, 0.29) is 5.78 Å². The fourth-order valence-corrected chi connectivity index (χ4v) is 3.27. The average Bonchev–Trinajstić information content (AvgIpc) is 2.75. The van der Waals surface area contributed by atoms with Crippen molar-refractivity contribution in [3.05, 3.63) is 70.8 Å². The summed E-state index contributed by atoms with van der Waals surface area (Å²) >= 11 is 0. The molecular weight excluding hydrogens is 244 g/mol. The third kappa shape index (κ3) is 1.35. The Hall–Kier alpha value is -2.41. The molecule has 0 unspecified atom stereocenters. The molecule has 0 fully saturated rings. The molecule has 0 spiro atoms. The van der Waals surface area contributed by atoms with Crippen LogP contribution in [0.15, 0.2) is 48.5 Å². The molecule has 0 heterocycles. The first-order valence-corrected chi connectivity index (χ1v) is 6.85. The van der Waals surface area contributed by atoms with Crippen molar-refractivity contribution in [3.8, 4) is 11.1 Å². The fourth-order valence-electron chi connectivity index (χ4n) is 3.27. The summed E-state index contributed by atoms with van der Waals surface area (Å²) in [5, 5.41) is 2.22. The molecule has 1 aliphatic carbocycles. The number of carbonyl (C=O) groups is 1. The van der Waals surface area contributed by atoms with Crippen molar-refractivity contribution in [3.63, 3.8) is 0 Å². The van der Waals surface area contributed by atoms with Crippen LogP contribution in [0, 0.1) is 13.8 Å². The summed E-state index contributed by atoms with van der Waals surface area (Å²) in [6.07, 6.45) is 0. The Morgan fingerprint density at radius 3 is 2.35 bits per heavy atom. The Kier molecular flexibility index (Phi) is 2.17. The normalized spacial score (nSPS) is 12.6. The van der Waals surface area contributed by atoms with E-state index in [1.54, 1.807) is 0 Å². The minimum Gasteiger partial charge on any atom is -0.289 e. The highest BCUT2D eigenvalue weighted by Crippen LogP contribution is 2.42. The first-order valence-electron chi connectivity index (χ1n) is 6.85. The number of hydrogen-bond donors (Lipinski definition) is 0. The maximum atomic E-state index is 12.8. The smallest absolute Gasteiger partial charge is 0.194 e. The third-order valence-corrected chi connectivity index (χ3v) is 4.16. The summed E-state index contributed by atoms with van der Waals surface area (Å²) in [5.74, 6) is 0.162. The van der Waals surface area contributed by atoms with E-state index >= 15 is 0 Å². The standard InChI is InChI=1S/C19H14O/c1-11-7-8-13-10-12(2)17-14-5-3-4-6-15(14)19(20)18(17)16(13)9-11/h3-10H,1-2H3. The predicted octanol–water partition coefficient (Wildman–Crippen LogP) is 4.67. The lowest BCUT2D eigenvalue weighted by atomic mass is 9.93. The summed E-state index contributed by atoms with van der Waals surface area (Å²) in [6.45, 7) is 4.16. The Morgan fingerprint density at radius 2 is 1.55 bits per heavy atom. The van der Waals surface area contributed by atoms with E-state index in [9.17, 15) is 4.79 Å². The zero-order valence-corrected chi connectivity index (χ0v) is 11.5. The number of hydrogen-bond acceptors (Lipinski definition) is 1. The Balaban J connectivity index is 2.22. The molecule has 0 amide bonds. The zero-order valence-electron chi connectivity index (χ0n) is 11.5. The Bertz CT molecular complexity index is 888. The molecule has 3 aromatic rings. The van der Waals surface area contributed by atoms with E-state index in [0.29, 0.717) is 0 Å². The number of aryl methyl sites for hydroxylation is 2. The van der Waals surface area contributed by atoms with Crippen LogP contribution in [0.4, 0.5) is 0 Å². The molecule has 1 aliphatic rings. The maximum Gasteiger partial charge on any atom is 0.194 e. The molecule has 0 atom stereocenters. The number of ketones is 1. The van der Waals surface area contributed by atoms with Crippen molar-refractivity contribution in [1.82, 2.24) is 0 Å². The maximum absolute atomic E-state index is 12.8. The number of carbonyl (C=O) groups excluding carboxylic acids is 1. The van der Waals surface area contributed by atoms with Crippen molar-refractivity contribution in [2.24, 2.45) is 0 Å². The minimum atomic E-state index is 0.162. The van der Waals surface area contributed by atoms with Gasteiger partial charge in [0.2, 0.25) is 0 Å². The van der Waals surface area contributed by atoms with Crippen LogP contribution < -0.4 is 0 Å². The van der Waals surface area contributed by atoms with Crippen LogP contribution in [0.5, 0.6) is 0 Å². The van der Waals surface area contributed by atoms with E-state index in [1.807, 2.05) is 24.3 Å². The van der Waals surface area contributed by atoms with Gasteiger partial charge in [-0.1, -0.05) is 54.1 Å². The van der Waals surface area contributed by atoms with Gasteiger partial charge in [-0.3, -0.25) is 4.79 Å². The van der Waals surface area contributed by atoms with Crippen LogP contribution in [-0.4, -0.2) is 5.78 Å². The topological polar surface area (TPSA) is 17.1 Å². The molecule has 20 heavy (non-hydrogen) atoms. The van der Waals surface area contributed by atoms with Crippen molar-refractivity contribution in [1.29, 1.82) is 0 Å². The van der Waals surface area contributed by atoms with Crippen LogP contribution in [0.2, 0.25) is 0 Å². The van der Waals surface area contributed by atoms with Gasteiger partial charge in [-0.25, -0.2) is 0 Å². The first-order chi connectivity index (χ1) is 9.66. The molecule has 0 bridgehead atoms. The molecule has 0 saturated heterocycles. The summed E-state index contributed by atoms with van der Waals surface area (Å²) in [5.41, 5.74) is 6.27. The Morgan fingerprint density at radius 1 is 0.800 bits per heavy atom. The minimum absolute atomic E-state index is 0.162. The van der Waals surface area contributed by atoms with Crippen molar-refractivity contribution < 1.29 is 4.79 Å².